The summed E-state index contributed by atoms with van der Waals surface area (Å²) >= 11 is 12.7. The van der Waals surface area contributed by atoms with E-state index in [4.69, 9.17) is 23.2 Å². The molecule has 3 aliphatic rings. The van der Waals surface area contributed by atoms with Crippen LogP contribution in [0.25, 0.3) is 0 Å². The molecule has 2 aromatic carbocycles. The number of piperazine rings is 1. The van der Waals surface area contributed by atoms with Crippen molar-refractivity contribution < 1.29 is 22.4 Å². The third-order valence-electron chi connectivity index (χ3n) is 8.92. The summed E-state index contributed by atoms with van der Waals surface area (Å²) in [5.74, 6) is -1.51. The maximum atomic E-state index is 14.7. The summed E-state index contributed by atoms with van der Waals surface area (Å²) in [6.07, 6.45) is 8.75. The Morgan fingerprint density at radius 1 is 1.02 bits per heavy atom. The van der Waals surface area contributed by atoms with E-state index < -0.39 is 27.6 Å². The van der Waals surface area contributed by atoms with Crippen molar-refractivity contribution in [2.24, 2.45) is 17.8 Å². The molecule has 12 heteroatoms. The van der Waals surface area contributed by atoms with Gasteiger partial charge in [0.25, 0.3) is 0 Å². The van der Waals surface area contributed by atoms with Crippen LogP contribution in [0.15, 0.2) is 71.8 Å². The summed E-state index contributed by atoms with van der Waals surface area (Å²) in [6.45, 7) is 3.22. The van der Waals surface area contributed by atoms with Crippen LogP contribution in [-0.4, -0.2) is 86.3 Å². The molecule has 242 valence electrons. The number of halogens is 3. The van der Waals surface area contributed by atoms with Gasteiger partial charge in [0.15, 0.2) is 0 Å². The Bertz CT molecular complexity index is 1560. The zero-order valence-corrected chi connectivity index (χ0v) is 27.6. The number of carbonyl (C=O) groups is 2. The number of likely N-dealkylation sites (tertiary alicyclic amines) is 1. The van der Waals surface area contributed by atoms with Crippen molar-refractivity contribution >= 4 is 50.7 Å². The summed E-state index contributed by atoms with van der Waals surface area (Å²) in [7, 11) is -3.03. The van der Waals surface area contributed by atoms with E-state index in [1.54, 1.807) is 46.2 Å². The number of sulfone groups is 1. The van der Waals surface area contributed by atoms with Crippen molar-refractivity contribution in [3.05, 3.63) is 88.2 Å². The van der Waals surface area contributed by atoms with Crippen molar-refractivity contribution in [1.82, 2.24) is 14.7 Å². The topological polar surface area (TPSA) is 90.0 Å². The number of anilines is 1. The molecule has 0 aromatic heterocycles. The molecule has 0 radical (unpaired) electrons. The Balaban J connectivity index is 1.43. The van der Waals surface area contributed by atoms with Crippen molar-refractivity contribution in [1.29, 1.82) is 0 Å². The molecular formula is C33H39Cl2FN4O4S. The second-order valence-corrected chi connectivity index (χ2v) is 15.3. The van der Waals surface area contributed by atoms with Crippen LogP contribution < -0.4 is 5.32 Å². The highest BCUT2D eigenvalue weighted by molar-refractivity contribution is 7.90. The third kappa shape index (κ3) is 8.67. The quantitative estimate of drug-likeness (QED) is 0.372. The van der Waals surface area contributed by atoms with E-state index in [2.05, 4.69) is 16.3 Å². The van der Waals surface area contributed by atoms with Gasteiger partial charge in [-0.05, 0) is 79.6 Å². The largest absolute Gasteiger partial charge is 0.326 e. The minimum Gasteiger partial charge on any atom is -0.326 e. The Kier molecular flexibility index (Phi) is 10.9. The molecular weight excluding hydrogens is 638 g/mol. The molecule has 2 saturated heterocycles. The Labute approximate surface area is 274 Å². The van der Waals surface area contributed by atoms with Gasteiger partial charge in [0.05, 0.1) is 17.7 Å². The maximum Gasteiger partial charge on any atom is 0.320 e. The lowest BCUT2D eigenvalue weighted by molar-refractivity contribution is -0.126. The van der Waals surface area contributed by atoms with E-state index in [1.807, 2.05) is 12.2 Å². The van der Waals surface area contributed by atoms with E-state index in [9.17, 15) is 22.4 Å². The molecule has 4 atom stereocenters. The number of carbonyl (C=O) groups excluding carboxylic acids is 2. The Morgan fingerprint density at radius 3 is 2.47 bits per heavy atom. The summed E-state index contributed by atoms with van der Waals surface area (Å²) in [4.78, 5) is 34.2. The van der Waals surface area contributed by atoms with Gasteiger partial charge in [0.2, 0.25) is 5.91 Å². The van der Waals surface area contributed by atoms with Gasteiger partial charge in [-0.15, -0.1) is 0 Å². The first-order valence-electron chi connectivity index (χ1n) is 15.3. The lowest BCUT2D eigenvalue weighted by Crippen LogP contribution is -2.58. The predicted octanol–water partition coefficient (Wildman–Crippen LogP) is 5.97. The van der Waals surface area contributed by atoms with Gasteiger partial charge < -0.3 is 15.1 Å². The third-order valence-corrected chi connectivity index (χ3v) is 10.5. The minimum absolute atomic E-state index is 0.0404. The molecule has 0 saturated carbocycles. The van der Waals surface area contributed by atoms with Crippen molar-refractivity contribution in [3.8, 4) is 0 Å². The molecule has 1 aliphatic carbocycles. The number of nitrogens with one attached hydrogen (secondary N) is 1. The normalized spacial score (nSPS) is 24.3. The number of allylic oxidation sites excluding steroid dienone is 4. The number of nitrogens with zero attached hydrogens (tertiary/aromatic N) is 3. The fourth-order valence-electron chi connectivity index (χ4n) is 6.79. The van der Waals surface area contributed by atoms with E-state index >= 15 is 0 Å². The monoisotopic (exact) mass is 676 g/mol. The van der Waals surface area contributed by atoms with Gasteiger partial charge in [-0.2, -0.15) is 0 Å². The van der Waals surface area contributed by atoms with Crippen molar-refractivity contribution in [2.75, 3.05) is 56.6 Å². The molecule has 0 bridgehead atoms. The van der Waals surface area contributed by atoms with Crippen LogP contribution in [0, 0.1) is 23.6 Å². The van der Waals surface area contributed by atoms with Crippen LogP contribution >= 0.6 is 23.2 Å². The van der Waals surface area contributed by atoms with Gasteiger partial charge in [-0.1, -0.05) is 53.6 Å². The molecule has 1 unspecified atom stereocenters. The number of rotatable bonds is 8. The average Bonchev–Trinajstić information content (AvgIpc) is 3.00. The van der Waals surface area contributed by atoms with Crippen LogP contribution in [0.2, 0.25) is 5.02 Å². The van der Waals surface area contributed by atoms with Crippen LogP contribution in [-0.2, 0) is 14.6 Å². The number of urea groups is 1. The van der Waals surface area contributed by atoms with E-state index in [0.717, 1.165) is 0 Å². The maximum absolute atomic E-state index is 14.7. The minimum atomic E-state index is -3.03. The lowest BCUT2D eigenvalue weighted by Gasteiger charge is -2.49. The number of piperidine rings is 1. The van der Waals surface area contributed by atoms with Crippen LogP contribution in [0.4, 0.5) is 14.9 Å². The second kappa shape index (κ2) is 14.7. The zero-order valence-electron chi connectivity index (χ0n) is 25.2. The SMILES string of the molecule is CS(=O)(=O)CCCN1CCN(C(=O)N2CC[C@@H](C3C=CC=C(Cl)C3)[C@H](C(=O)Nc3cccc(Cl)c3)[C@@H]2c2cccc(F)c2)CC1. The summed E-state index contributed by atoms with van der Waals surface area (Å²) in [5.41, 5.74) is 1.09. The molecule has 5 rings (SSSR count). The highest BCUT2D eigenvalue weighted by Gasteiger charge is 2.48. The van der Waals surface area contributed by atoms with Gasteiger partial charge in [-0.25, -0.2) is 17.6 Å². The standard InChI is InChI=1S/C33H39Cl2FN4O4S/c1-45(43,44)19-5-13-38-15-17-39(18-16-38)33(42)40-14-12-29(23-6-2-8-25(34)20-23)30(31(40)24-7-3-10-27(36)21-24)32(41)37-28-11-4-9-26(35)22-28/h2-4,6-11,21-23,29-31H,5,12-20H2,1H3,(H,37,41)/t23?,29-,30-,31-/m0/s1. The molecule has 2 heterocycles. The lowest BCUT2D eigenvalue weighted by atomic mass is 9.69. The smallest absolute Gasteiger partial charge is 0.320 e. The fourth-order valence-corrected chi connectivity index (χ4v) is 7.88. The highest BCUT2D eigenvalue weighted by Crippen LogP contribution is 2.46. The van der Waals surface area contributed by atoms with E-state index in [0.29, 0.717) is 79.8 Å². The predicted molar refractivity (Wildman–Crippen MR) is 176 cm³/mol. The van der Waals surface area contributed by atoms with Crippen LogP contribution in [0.3, 0.4) is 0 Å². The Hall–Kier alpha value is -2.92. The van der Waals surface area contributed by atoms with Gasteiger partial charge in [0, 0.05) is 54.7 Å². The van der Waals surface area contributed by atoms with E-state index in [-0.39, 0.29) is 29.5 Å². The van der Waals surface area contributed by atoms with Crippen molar-refractivity contribution in [2.45, 2.75) is 25.3 Å². The molecule has 0 spiro atoms. The summed E-state index contributed by atoms with van der Waals surface area (Å²) in [5, 5.41) is 4.21. The average molecular weight is 678 g/mol. The molecule has 1 N–H and O–H groups in total. The molecule has 45 heavy (non-hydrogen) atoms. The van der Waals surface area contributed by atoms with Crippen LogP contribution in [0.5, 0.6) is 0 Å². The Morgan fingerprint density at radius 2 is 1.78 bits per heavy atom. The number of benzene rings is 2. The van der Waals surface area contributed by atoms with Gasteiger partial charge in [-0.3, -0.25) is 9.69 Å². The molecule has 8 nitrogen and oxygen atoms in total. The highest BCUT2D eigenvalue weighted by atomic mass is 35.5. The van der Waals surface area contributed by atoms with Gasteiger partial charge in [0.1, 0.15) is 15.7 Å². The molecule has 2 fully saturated rings. The second-order valence-electron chi connectivity index (χ2n) is 12.1. The first-order valence-corrected chi connectivity index (χ1v) is 18.1. The zero-order chi connectivity index (χ0) is 32.1. The summed E-state index contributed by atoms with van der Waals surface area (Å²) in [6, 6.07) is 12.1. The molecule has 2 aliphatic heterocycles. The number of hydrogen-bond donors (Lipinski definition) is 1. The number of hydrogen-bond acceptors (Lipinski definition) is 5. The first-order chi connectivity index (χ1) is 21.5. The van der Waals surface area contributed by atoms with Crippen molar-refractivity contribution in [3.63, 3.8) is 0 Å². The number of amides is 3. The van der Waals surface area contributed by atoms with E-state index in [1.165, 1.54) is 18.4 Å². The molecule has 3 amide bonds. The summed E-state index contributed by atoms with van der Waals surface area (Å²) < 4.78 is 37.8. The molecule has 2 aromatic rings. The van der Waals surface area contributed by atoms with Crippen LogP contribution in [0.1, 0.15) is 30.9 Å². The fraction of sp³-hybridized carbons (Fsp3) is 0.455. The first kappa shape index (κ1) is 33.4. The van der Waals surface area contributed by atoms with Gasteiger partial charge >= 0.3 is 6.03 Å².